The molecule has 2 aliphatic heterocycles. The highest BCUT2D eigenvalue weighted by atomic mass is 16.2. The molecule has 1 aromatic rings. The minimum absolute atomic E-state index is 0.132. The number of nitrogens with one attached hydrogen (secondary N) is 1. The van der Waals surface area contributed by atoms with Crippen molar-refractivity contribution in [2.24, 2.45) is 0 Å². The van der Waals surface area contributed by atoms with Gasteiger partial charge in [-0.1, -0.05) is 0 Å². The van der Waals surface area contributed by atoms with Gasteiger partial charge in [0.25, 0.3) is 0 Å². The number of carbonyl (C=O) groups excluding carboxylic acids is 1. The average Bonchev–Trinajstić information content (AvgIpc) is 2.99. The van der Waals surface area contributed by atoms with Gasteiger partial charge in [0.1, 0.15) is 6.04 Å². The van der Waals surface area contributed by atoms with Crippen LogP contribution in [0.1, 0.15) is 24.2 Å². The van der Waals surface area contributed by atoms with Crippen LogP contribution in [0.5, 0.6) is 0 Å². The van der Waals surface area contributed by atoms with E-state index in [-0.39, 0.29) is 11.9 Å². The van der Waals surface area contributed by atoms with Crippen molar-refractivity contribution in [3.05, 3.63) is 11.4 Å². The van der Waals surface area contributed by atoms with Gasteiger partial charge in [0.05, 0.1) is 11.4 Å². The van der Waals surface area contributed by atoms with Gasteiger partial charge in [0, 0.05) is 32.7 Å². The second-order valence-electron chi connectivity index (χ2n) is 5.71. The second kappa shape index (κ2) is 5.93. The number of nitrogens with zero attached hydrogens (tertiary/aromatic N) is 5. The van der Waals surface area contributed by atoms with Gasteiger partial charge in [0.15, 0.2) is 0 Å². The molecule has 0 aromatic carbocycles. The molecule has 2 saturated heterocycles. The van der Waals surface area contributed by atoms with Gasteiger partial charge in [0.2, 0.25) is 11.9 Å². The molecule has 1 aromatic heterocycles. The van der Waals surface area contributed by atoms with Crippen molar-refractivity contribution in [1.82, 2.24) is 25.4 Å². The maximum Gasteiger partial charge on any atom is 0.246 e. The standard InChI is InChI=1S/C14H22N6O/c1-10-11(2)17-18-14(16-10)20-7-3-4-12(20)13(21)19-8-5-15-6-9-19/h12,15H,3-9H2,1-2H3. The topological polar surface area (TPSA) is 74.2 Å². The van der Waals surface area contributed by atoms with E-state index in [0.717, 1.165) is 57.0 Å². The summed E-state index contributed by atoms with van der Waals surface area (Å²) in [6.45, 7) is 7.97. The highest BCUT2D eigenvalue weighted by Gasteiger charge is 2.35. The van der Waals surface area contributed by atoms with Gasteiger partial charge in [-0.15, -0.1) is 5.10 Å². The first kappa shape index (κ1) is 14.2. The number of hydrogen-bond acceptors (Lipinski definition) is 6. The Labute approximate surface area is 124 Å². The van der Waals surface area contributed by atoms with E-state index in [4.69, 9.17) is 0 Å². The SMILES string of the molecule is Cc1nnc(N2CCCC2C(=O)N2CCNCC2)nc1C. The second-order valence-corrected chi connectivity index (χ2v) is 5.71. The average molecular weight is 290 g/mol. The van der Waals surface area contributed by atoms with E-state index < -0.39 is 0 Å². The molecular weight excluding hydrogens is 268 g/mol. The van der Waals surface area contributed by atoms with Crippen molar-refractivity contribution in [3.8, 4) is 0 Å². The number of hydrogen-bond donors (Lipinski definition) is 1. The fourth-order valence-electron chi connectivity index (χ4n) is 2.93. The van der Waals surface area contributed by atoms with E-state index in [1.807, 2.05) is 23.6 Å². The monoisotopic (exact) mass is 290 g/mol. The predicted octanol–water partition coefficient (Wildman–Crippen LogP) is -0.111. The van der Waals surface area contributed by atoms with Crippen molar-refractivity contribution < 1.29 is 4.79 Å². The van der Waals surface area contributed by atoms with Gasteiger partial charge in [-0.25, -0.2) is 4.98 Å². The van der Waals surface area contributed by atoms with Crippen LogP contribution in [0, 0.1) is 13.8 Å². The van der Waals surface area contributed by atoms with Crippen LogP contribution in [0.25, 0.3) is 0 Å². The first-order valence-electron chi connectivity index (χ1n) is 7.61. The van der Waals surface area contributed by atoms with E-state index in [1.165, 1.54) is 0 Å². The quantitative estimate of drug-likeness (QED) is 0.819. The fourth-order valence-corrected chi connectivity index (χ4v) is 2.93. The minimum atomic E-state index is -0.132. The van der Waals surface area contributed by atoms with Crippen LogP contribution in [0.4, 0.5) is 5.95 Å². The summed E-state index contributed by atoms with van der Waals surface area (Å²) < 4.78 is 0. The molecule has 2 aliphatic rings. The summed E-state index contributed by atoms with van der Waals surface area (Å²) in [7, 11) is 0. The fraction of sp³-hybridized carbons (Fsp3) is 0.714. The molecule has 7 nitrogen and oxygen atoms in total. The van der Waals surface area contributed by atoms with E-state index in [9.17, 15) is 4.79 Å². The molecular formula is C14H22N6O. The Balaban J connectivity index is 1.78. The molecule has 1 amide bonds. The highest BCUT2D eigenvalue weighted by molar-refractivity contribution is 5.85. The molecule has 7 heteroatoms. The number of rotatable bonds is 2. The first-order chi connectivity index (χ1) is 10.2. The lowest BCUT2D eigenvalue weighted by atomic mass is 10.2. The summed E-state index contributed by atoms with van der Waals surface area (Å²) in [5.74, 6) is 0.792. The van der Waals surface area contributed by atoms with Gasteiger partial charge >= 0.3 is 0 Å². The van der Waals surface area contributed by atoms with Crippen LogP contribution in [0.2, 0.25) is 0 Å². The van der Waals surface area contributed by atoms with Crippen LogP contribution >= 0.6 is 0 Å². The summed E-state index contributed by atoms with van der Waals surface area (Å²) in [4.78, 5) is 21.2. The highest BCUT2D eigenvalue weighted by Crippen LogP contribution is 2.24. The maximum absolute atomic E-state index is 12.7. The molecule has 3 rings (SSSR count). The van der Waals surface area contributed by atoms with Gasteiger partial charge in [-0.05, 0) is 26.7 Å². The summed E-state index contributed by atoms with van der Waals surface area (Å²) in [6, 6.07) is -0.132. The molecule has 114 valence electrons. The number of aryl methyl sites for hydroxylation is 2. The Hall–Kier alpha value is -1.76. The Kier molecular flexibility index (Phi) is 4.01. The zero-order chi connectivity index (χ0) is 14.8. The summed E-state index contributed by atoms with van der Waals surface area (Å²) in [6.07, 6.45) is 1.87. The minimum Gasteiger partial charge on any atom is -0.338 e. The van der Waals surface area contributed by atoms with Crippen LogP contribution < -0.4 is 10.2 Å². The summed E-state index contributed by atoms with van der Waals surface area (Å²) >= 11 is 0. The zero-order valence-corrected chi connectivity index (χ0v) is 12.7. The zero-order valence-electron chi connectivity index (χ0n) is 12.7. The van der Waals surface area contributed by atoms with E-state index in [0.29, 0.717) is 5.95 Å². The molecule has 2 fully saturated rings. The van der Waals surface area contributed by atoms with Crippen molar-refractivity contribution >= 4 is 11.9 Å². The molecule has 0 aliphatic carbocycles. The smallest absolute Gasteiger partial charge is 0.246 e. The third kappa shape index (κ3) is 2.83. The first-order valence-corrected chi connectivity index (χ1v) is 7.61. The van der Waals surface area contributed by atoms with Crippen LogP contribution in [0.3, 0.4) is 0 Å². The molecule has 3 heterocycles. The van der Waals surface area contributed by atoms with Crippen LogP contribution in [0.15, 0.2) is 0 Å². The van der Waals surface area contributed by atoms with Crippen LogP contribution in [-0.2, 0) is 4.79 Å². The molecule has 1 unspecified atom stereocenters. The van der Waals surface area contributed by atoms with Crippen molar-refractivity contribution in [2.75, 3.05) is 37.6 Å². The lowest BCUT2D eigenvalue weighted by Gasteiger charge is -2.32. The summed E-state index contributed by atoms with van der Waals surface area (Å²) in [5.41, 5.74) is 1.71. The third-order valence-electron chi connectivity index (χ3n) is 4.30. The number of aromatic nitrogens is 3. The Morgan fingerprint density at radius 1 is 1.14 bits per heavy atom. The summed E-state index contributed by atoms with van der Waals surface area (Å²) in [5, 5.41) is 11.6. The molecule has 1 atom stereocenters. The predicted molar refractivity (Wildman–Crippen MR) is 79.1 cm³/mol. The number of anilines is 1. The molecule has 1 N–H and O–H groups in total. The van der Waals surface area contributed by atoms with Gasteiger partial charge in [-0.2, -0.15) is 5.10 Å². The van der Waals surface area contributed by atoms with Gasteiger partial charge < -0.3 is 15.1 Å². The maximum atomic E-state index is 12.7. The van der Waals surface area contributed by atoms with Crippen molar-refractivity contribution in [2.45, 2.75) is 32.7 Å². The van der Waals surface area contributed by atoms with Crippen LogP contribution in [-0.4, -0.2) is 64.8 Å². The third-order valence-corrected chi connectivity index (χ3v) is 4.30. The van der Waals surface area contributed by atoms with E-state index >= 15 is 0 Å². The van der Waals surface area contributed by atoms with Gasteiger partial charge in [-0.3, -0.25) is 4.79 Å². The number of piperazine rings is 1. The largest absolute Gasteiger partial charge is 0.338 e. The van der Waals surface area contributed by atoms with E-state index in [2.05, 4.69) is 20.5 Å². The van der Waals surface area contributed by atoms with Crippen molar-refractivity contribution in [1.29, 1.82) is 0 Å². The molecule has 21 heavy (non-hydrogen) atoms. The molecule has 0 saturated carbocycles. The van der Waals surface area contributed by atoms with Crippen molar-refractivity contribution in [3.63, 3.8) is 0 Å². The Morgan fingerprint density at radius 2 is 1.90 bits per heavy atom. The Morgan fingerprint density at radius 3 is 2.62 bits per heavy atom. The normalized spacial score (nSPS) is 22.7. The lowest BCUT2D eigenvalue weighted by Crippen LogP contribution is -2.52. The molecule has 0 radical (unpaired) electrons. The number of carbonyl (C=O) groups is 1. The van der Waals surface area contributed by atoms with E-state index in [1.54, 1.807) is 0 Å². The Bertz CT molecular complexity index is 528. The molecule has 0 spiro atoms. The number of amides is 1. The molecule has 0 bridgehead atoms. The lowest BCUT2D eigenvalue weighted by molar-refractivity contribution is -0.133.